The smallest absolute Gasteiger partial charge is 0.123 e. The van der Waals surface area contributed by atoms with Gasteiger partial charge in [0.2, 0.25) is 0 Å². The van der Waals surface area contributed by atoms with Crippen LogP contribution in [0.1, 0.15) is 25.5 Å². The quantitative estimate of drug-likeness (QED) is 0.880. The third kappa shape index (κ3) is 2.73. The van der Waals surface area contributed by atoms with Crippen LogP contribution in [0.5, 0.6) is 0 Å². The van der Waals surface area contributed by atoms with E-state index in [1.807, 2.05) is 13.8 Å². The summed E-state index contributed by atoms with van der Waals surface area (Å²) in [6, 6.07) is 4.17. The second kappa shape index (κ2) is 5.13. The first kappa shape index (κ1) is 13.4. The van der Waals surface area contributed by atoms with Gasteiger partial charge in [0.25, 0.3) is 0 Å². The van der Waals surface area contributed by atoms with Crippen molar-refractivity contribution >= 4 is 11.6 Å². The van der Waals surface area contributed by atoms with E-state index < -0.39 is 5.60 Å². The molecule has 1 atom stereocenters. The van der Waals surface area contributed by atoms with Crippen LogP contribution < -0.4 is 5.32 Å². The molecule has 0 aliphatic rings. The molecule has 1 aromatic carbocycles. The monoisotopic (exact) mass is 245 g/mol. The number of halogens is 2. The molecule has 4 heteroatoms. The van der Waals surface area contributed by atoms with Crippen molar-refractivity contribution in [3.8, 4) is 0 Å². The van der Waals surface area contributed by atoms with E-state index in [9.17, 15) is 4.39 Å². The van der Waals surface area contributed by atoms with Crippen LogP contribution in [0.25, 0.3) is 0 Å². The van der Waals surface area contributed by atoms with Crippen molar-refractivity contribution in [2.75, 3.05) is 14.2 Å². The van der Waals surface area contributed by atoms with E-state index >= 15 is 0 Å². The standard InChI is InChI=1S/C12H17ClFNO/c1-12(2,16-4)11(15-3)9-7-8(14)5-6-10(9)13/h5-7,11,15H,1-4H3. The number of likely N-dealkylation sites (N-methyl/N-ethyl adjacent to an activating group) is 1. The summed E-state index contributed by atoms with van der Waals surface area (Å²) in [6.45, 7) is 3.85. The molecule has 0 amide bonds. The Hall–Kier alpha value is -0.640. The lowest BCUT2D eigenvalue weighted by molar-refractivity contribution is -0.00902. The van der Waals surface area contributed by atoms with E-state index in [2.05, 4.69) is 5.32 Å². The van der Waals surface area contributed by atoms with Crippen LogP contribution in [-0.4, -0.2) is 19.8 Å². The molecule has 0 heterocycles. The van der Waals surface area contributed by atoms with Crippen molar-refractivity contribution < 1.29 is 9.13 Å². The summed E-state index contributed by atoms with van der Waals surface area (Å²) in [7, 11) is 3.42. The van der Waals surface area contributed by atoms with Gasteiger partial charge in [-0.1, -0.05) is 11.6 Å². The van der Waals surface area contributed by atoms with Crippen molar-refractivity contribution in [2.45, 2.75) is 25.5 Å². The van der Waals surface area contributed by atoms with Gasteiger partial charge in [-0.15, -0.1) is 0 Å². The fourth-order valence-electron chi connectivity index (χ4n) is 1.73. The summed E-state index contributed by atoms with van der Waals surface area (Å²) in [5, 5.41) is 3.63. The van der Waals surface area contributed by atoms with E-state index in [0.29, 0.717) is 10.6 Å². The summed E-state index contributed by atoms with van der Waals surface area (Å²) in [4.78, 5) is 0. The highest BCUT2D eigenvalue weighted by atomic mass is 35.5. The third-order valence-electron chi connectivity index (χ3n) is 2.78. The Morgan fingerprint density at radius 1 is 1.44 bits per heavy atom. The molecule has 1 rings (SSSR count). The molecule has 0 saturated heterocycles. The molecular formula is C12H17ClFNO. The number of benzene rings is 1. The molecule has 1 aromatic rings. The maximum Gasteiger partial charge on any atom is 0.123 e. The molecule has 1 unspecified atom stereocenters. The number of ether oxygens (including phenoxy) is 1. The molecule has 0 saturated carbocycles. The lowest BCUT2D eigenvalue weighted by atomic mass is 9.91. The minimum absolute atomic E-state index is 0.166. The fraction of sp³-hybridized carbons (Fsp3) is 0.500. The number of hydrogen-bond acceptors (Lipinski definition) is 2. The summed E-state index contributed by atoms with van der Waals surface area (Å²) in [5.41, 5.74) is 0.239. The predicted octanol–water partition coefficient (Wildman–Crippen LogP) is 3.16. The van der Waals surface area contributed by atoms with Gasteiger partial charge >= 0.3 is 0 Å². The van der Waals surface area contributed by atoms with Crippen molar-refractivity contribution in [1.82, 2.24) is 5.32 Å². The minimum Gasteiger partial charge on any atom is -0.377 e. The maximum absolute atomic E-state index is 13.2. The van der Waals surface area contributed by atoms with Gasteiger partial charge in [-0.2, -0.15) is 0 Å². The molecule has 0 aliphatic carbocycles. The van der Waals surface area contributed by atoms with Gasteiger partial charge in [0.05, 0.1) is 11.6 Å². The Bertz CT molecular complexity index is 368. The first-order chi connectivity index (χ1) is 7.42. The average molecular weight is 246 g/mol. The molecule has 0 aromatic heterocycles. The van der Waals surface area contributed by atoms with Gasteiger partial charge < -0.3 is 10.1 Å². The van der Waals surface area contributed by atoms with Gasteiger partial charge in [-0.3, -0.25) is 0 Å². The highest BCUT2D eigenvalue weighted by Gasteiger charge is 2.31. The van der Waals surface area contributed by atoms with E-state index in [1.54, 1.807) is 20.2 Å². The molecular weight excluding hydrogens is 229 g/mol. The maximum atomic E-state index is 13.2. The molecule has 2 nitrogen and oxygen atoms in total. The average Bonchev–Trinajstić information content (AvgIpc) is 2.24. The molecule has 0 aliphatic heterocycles. The summed E-state index contributed by atoms with van der Waals surface area (Å²) in [6.07, 6.45) is 0. The Kier molecular flexibility index (Phi) is 4.30. The minimum atomic E-state index is -0.466. The lowest BCUT2D eigenvalue weighted by Crippen LogP contribution is -2.39. The first-order valence-electron chi connectivity index (χ1n) is 5.09. The van der Waals surface area contributed by atoms with Crippen LogP contribution in [-0.2, 0) is 4.74 Å². The van der Waals surface area contributed by atoms with Crippen LogP contribution in [0.3, 0.4) is 0 Å². The number of hydrogen-bond donors (Lipinski definition) is 1. The Morgan fingerprint density at radius 3 is 2.56 bits per heavy atom. The summed E-state index contributed by atoms with van der Waals surface area (Å²) >= 11 is 6.07. The van der Waals surface area contributed by atoms with Crippen molar-refractivity contribution in [3.05, 3.63) is 34.6 Å². The third-order valence-corrected chi connectivity index (χ3v) is 3.12. The summed E-state index contributed by atoms with van der Waals surface area (Å²) in [5.74, 6) is -0.299. The highest BCUT2D eigenvalue weighted by Crippen LogP contribution is 2.32. The van der Waals surface area contributed by atoms with Crippen LogP contribution in [0.15, 0.2) is 18.2 Å². The molecule has 1 N–H and O–H groups in total. The van der Waals surface area contributed by atoms with Crippen LogP contribution in [0.2, 0.25) is 5.02 Å². The van der Waals surface area contributed by atoms with Crippen LogP contribution in [0, 0.1) is 5.82 Å². The van der Waals surface area contributed by atoms with Gasteiger partial charge in [0.15, 0.2) is 0 Å². The Balaban J connectivity index is 3.18. The molecule has 0 spiro atoms. The van der Waals surface area contributed by atoms with E-state index in [0.717, 1.165) is 0 Å². The topological polar surface area (TPSA) is 21.3 Å². The molecule has 16 heavy (non-hydrogen) atoms. The molecule has 0 radical (unpaired) electrons. The molecule has 90 valence electrons. The van der Waals surface area contributed by atoms with E-state index in [4.69, 9.17) is 16.3 Å². The van der Waals surface area contributed by atoms with Crippen molar-refractivity contribution in [1.29, 1.82) is 0 Å². The zero-order valence-electron chi connectivity index (χ0n) is 9.97. The van der Waals surface area contributed by atoms with Crippen LogP contribution >= 0.6 is 11.6 Å². The number of methoxy groups -OCH3 is 1. The zero-order chi connectivity index (χ0) is 12.3. The summed E-state index contributed by atoms with van der Waals surface area (Å²) < 4.78 is 18.6. The van der Waals surface area contributed by atoms with Gasteiger partial charge in [0, 0.05) is 12.1 Å². The number of rotatable bonds is 4. The van der Waals surface area contributed by atoms with Crippen LogP contribution in [0.4, 0.5) is 4.39 Å². The molecule has 0 fully saturated rings. The Morgan fingerprint density at radius 2 is 2.06 bits per heavy atom. The second-order valence-corrected chi connectivity index (χ2v) is 4.60. The zero-order valence-corrected chi connectivity index (χ0v) is 10.7. The van der Waals surface area contributed by atoms with Gasteiger partial charge in [0.1, 0.15) is 5.82 Å². The van der Waals surface area contributed by atoms with Crippen molar-refractivity contribution in [2.24, 2.45) is 0 Å². The first-order valence-corrected chi connectivity index (χ1v) is 5.47. The SMILES string of the molecule is CNC(c1cc(F)ccc1Cl)C(C)(C)OC. The normalized spacial score (nSPS) is 13.9. The predicted molar refractivity (Wildman–Crippen MR) is 64.3 cm³/mol. The fourth-order valence-corrected chi connectivity index (χ4v) is 1.96. The van der Waals surface area contributed by atoms with E-state index in [-0.39, 0.29) is 11.9 Å². The molecule has 0 bridgehead atoms. The largest absolute Gasteiger partial charge is 0.377 e. The number of nitrogens with one attached hydrogen (secondary N) is 1. The second-order valence-electron chi connectivity index (χ2n) is 4.20. The van der Waals surface area contributed by atoms with Gasteiger partial charge in [-0.05, 0) is 44.7 Å². The van der Waals surface area contributed by atoms with E-state index in [1.165, 1.54) is 12.1 Å². The Labute approximate surface area is 101 Å². The van der Waals surface area contributed by atoms with Crippen molar-refractivity contribution in [3.63, 3.8) is 0 Å². The lowest BCUT2D eigenvalue weighted by Gasteiger charge is -2.33. The van der Waals surface area contributed by atoms with Gasteiger partial charge in [-0.25, -0.2) is 4.39 Å². The highest BCUT2D eigenvalue weighted by molar-refractivity contribution is 6.31.